The first-order valence-electron chi connectivity index (χ1n) is 6.53. The fourth-order valence-electron chi connectivity index (χ4n) is 2.13. The van der Waals surface area contributed by atoms with E-state index in [-0.39, 0.29) is 19.7 Å². The number of aliphatic hydroxyl groups is 1. The normalized spacial score (nSPS) is 16.3. The van der Waals surface area contributed by atoms with E-state index >= 15 is 0 Å². The highest BCUT2D eigenvalue weighted by atomic mass is 16.3. The minimum Gasteiger partial charge on any atom is -0.394 e. The van der Waals surface area contributed by atoms with E-state index in [1.165, 1.54) is 11.9 Å². The lowest BCUT2D eigenvalue weighted by Gasteiger charge is -2.19. The number of benzene rings is 1. The zero-order valence-corrected chi connectivity index (χ0v) is 11.7. The van der Waals surface area contributed by atoms with Gasteiger partial charge in [-0.05, 0) is 5.56 Å². The minimum absolute atomic E-state index is 0.0196. The first-order valence-corrected chi connectivity index (χ1v) is 6.53. The quantitative estimate of drug-likeness (QED) is 0.731. The van der Waals surface area contributed by atoms with Crippen LogP contribution < -0.4 is 5.32 Å². The van der Waals surface area contributed by atoms with Crippen LogP contribution in [0.1, 0.15) is 11.6 Å². The molecule has 1 atom stereocenters. The summed E-state index contributed by atoms with van der Waals surface area (Å²) in [5.41, 5.74) is 0.754. The van der Waals surface area contributed by atoms with E-state index in [0.29, 0.717) is 0 Å². The molecule has 1 aromatic carbocycles. The van der Waals surface area contributed by atoms with Gasteiger partial charge in [-0.1, -0.05) is 30.3 Å². The zero-order valence-electron chi connectivity index (χ0n) is 11.7. The fraction of sp³-hybridized carbons (Fsp3) is 0.357. The van der Waals surface area contributed by atoms with Crippen LogP contribution in [0.5, 0.6) is 0 Å². The second-order valence-electron chi connectivity index (χ2n) is 4.83. The molecule has 7 heteroatoms. The maximum absolute atomic E-state index is 12.0. The van der Waals surface area contributed by atoms with E-state index in [4.69, 9.17) is 0 Å². The summed E-state index contributed by atoms with van der Waals surface area (Å²) in [5.74, 6) is -0.896. The molecule has 1 saturated heterocycles. The lowest BCUT2D eigenvalue weighted by Crippen LogP contribution is -2.42. The fourth-order valence-corrected chi connectivity index (χ4v) is 2.13. The van der Waals surface area contributed by atoms with Crippen molar-refractivity contribution in [1.82, 2.24) is 15.1 Å². The van der Waals surface area contributed by atoms with E-state index in [9.17, 15) is 19.5 Å². The third-order valence-corrected chi connectivity index (χ3v) is 3.25. The Bertz CT molecular complexity index is 546. The molecule has 0 unspecified atom stereocenters. The van der Waals surface area contributed by atoms with Crippen molar-refractivity contribution in [3.05, 3.63) is 35.9 Å². The molecular weight excluding hydrogens is 274 g/mol. The van der Waals surface area contributed by atoms with Crippen LogP contribution in [-0.2, 0) is 9.59 Å². The summed E-state index contributed by atoms with van der Waals surface area (Å²) < 4.78 is 0. The molecule has 1 aromatic rings. The van der Waals surface area contributed by atoms with Gasteiger partial charge in [0.2, 0.25) is 5.91 Å². The van der Waals surface area contributed by atoms with Crippen molar-refractivity contribution in [2.75, 3.05) is 26.7 Å². The van der Waals surface area contributed by atoms with Gasteiger partial charge in [0.1, 0.15) is 13.1 Å². The molecule has 21 heavy (non-hydrogen) atoms. The molecule has 0 radical (unpaired) electrons. The van der Waals surface area contributed by atoms with Gasteiger partial charge < -0.3 is 15.3 Å². The lowest BCUT2D eigenvalue weighted by atomic mass is 10.1. The first kappa shape index (κ1) is 15.0. The first-order chi connectivity index (χ1) is 10.0. The minimum atomic E-state index is -0.566. The number of carbonyl (C=O) groups excluding carboxylic acids is 3. The van der Waals surface area contributed by atoms with Crippen molar-refractivity contribution in [2.24, 2.45) is 0 Å². The maximum atomic E-state index is 12.0. The number of carbonyl (C=O) groups is 3. The number of amides is 4. The number of imide groups is 1. The summed E-state index contributed by atoms with van der Waals surface area (Å²) in [5, 5.41) is 12.0. The summed E-state index contributed by atoms with van der Waals surface area (Å²) in [6, 6.07) is 7.93. The van der Waals surface area contributed by atoms with Crippen molar-refractivity contribution in [2.45, 2.75) is 6.04 Å². The standard InChI is InChI=1S/C14H17N3O4/c1-16-8-13(20)17(14(16)21)7-12(19)15-11(9-18)10-5-3-2-4-6-10/h2-6,11,18H,7-9H2,1H3,(H,15,19)/t11-/m0/s1. The van der Waals surface area contributed by atoms with Crippen LogP contribution in [0.3, 0.4) is 0 Å². The van der Waals surface area contributed by atoms with Crippen LogP contribution in [-0.4, -0.2) is 59.5 Å². The topological polar surface area (TPSA) is 90.0 Å². The summed E-state index contributed by atoms with van der Waals surface area (Å²) in [6.45, 7) is -0.628. The molecule has 1 aliphatic heterocycles. The molecule has 4 amide bonds. The average Bonchev–Trinajstić information content (AvgIpc) is 2.72. The van der Waals surface area contributed by atoms with Gasteiger partial charge in [-0.3, -0.25) is 14.5 Å². The van der Waals surface area contributed by atoms with Crippen molar-refractivity contribution in [3.63, 3.8) is 0 Å². The number of likely N-dealkylation sites (N-methyl/N-ethyl adjacent to an activating group) is 1. The molecule has 1 aliphatic rings. The Morgan fingerprint density at radius 3 is 2.52 bits per heavy atom. The maximum Gasteiger partial charge on any atom is 0.327 e. The summed E-state index contributed by atoms with van der Waals surface area (Å²) in [6.07, 6.45) is 0. The number of nitrogens with zero attached hydrogens (tertiary/aromatic N) is 2. The third-order valence-electron chi connectivity index (χ3n) is 3.25. The molecule has 1 fully saturated rings. The van der Waals surface area contributed by atoms with Crippen molar-refractivity contribution < 1.29 is 19.5 Å². The number of rotatable bonds is 5. The van der Waals surface area contributed by atoms with E-state index in [1.807, 2.05) is 6.07 Å². The van der Waals surface area contributed by atoms with Gasteiger partial charge in [0.25, 0.3) is 5.91 Å². The highest BCUT2D eigenvalue weighted by molar-refractivity contribution is 6.04. The predicted molar refractivity (Wildman–Crippen MR) is 74.2 cm³/mol. The number of hydrogen-bond acceptors (Lipinski definition) is 4. The van der Waals surface area contributed by atoms with Crippen LogP contribution in [0.25, 0.3) is 0 Å². The molecule has 0 aliphatic carbocycles. The van der Waals surface area contributed by atoms with Crippen LogP contribution in [0, 0.1) is 0 Å². The summed E-state index contributed by atoms with van der Waals surface area (Å²) in [7, 11) is 1.50. The molecule has 7 nitrogen and oxygen atoms in total. The second kappa shape index (κ2) is 6.36. The van der Waals surface area contributed by atoms with E-state index < -0.39 is 23.9 Å². The Hall–Kier alpha value is -2.41. The van der Waals surface area contributed by atoms with Gasteiger partial charge in [-0.2, -0.15) is 0 Å². The molecule has 2 rings (SSSR count). The molecule has 0 aromatic heterocycles. The molecule has 0 saturated carbocycles. The van der Waals surface area contributed by atoms with Gasteiger partial charge in [0.15, 0.2) is 0 Å². The Morgan fingerprint density at radius 1 is 1.33 bits per heavy atom. The summed E-state index contributed by atoms with van der Waals surface area (Å²) in [4.78, 5) is 37.4. The molecule has 2 N–H and O–H groups in total. The lowest BCUT2D eigenvalue weighted by molar-refractivity contribution is -0.131. The van der Waals surface area contributed by atoms with Gasteiger partial charge in [-0.15, -0.1) is 0 Å². The third kappa shape index (κ3) is 3.38. The predicted octanol–water partition coefficient (Wildman–Crippen LogP) is -0.270. The van der Waals surface area contributed by atoms with Gasteiger partial charge in [0.05, 0.1) is 12.6 Å². The van der Waals surface area contributed by atoms with Crippen LogP contribution in [0.2, 0.25) is 0 Å². The van der Waals surface area contributed by atoms with Crippen LogP contribution in [0.4, 0.5) is 4.79 Å². The second-order valence-corrected chi connectivity index (χ2v) is 4.83. The van der Waals surface area contributed by atoms with Gasteiger partial charge in [-0.25, -0.2) is 4.79 Å². The van der Waals surface area contributed by atoms with Crippen molar-refractivity contribution in [1.29, 1.82) is 0 Å². The number of urea groups is 1. The molecule has 1 heterocycles. The Morgan fingerprint density at radius 2 is 2.00 bits per heavy atom. The monoisotopic (exact) mass is 291 g/mol. The van der Waals surface area contributed by atoms with Gasteiger partial charge >= 0.3 is 6.03 Å². The SMILES string of the molecule is CN1CC(=O)N(CC(=O)N[C@@H](CO)c2ccccc2)C1=O. The Kier molecular flexibility index (Phi) is 4.54. The Balaban J connectivity index is 1.98. The zero-order chi connectivity index (χ0) is 15.4. The summed E-state index contributed by atoms with van der Waals surface area (Å²) >= 11 is 0. The van der Waals surface area contributed by atoms with E-state index in [0.717, 1.165) is 10.5 Å². The number of nitrogens with one attached hydrogen (secondary N) is 1. The average molecular weight is 291 g/mol. The molecule has 112 valence electrons. The smallest absolute Gasteiger partial charge is 0.327 e. The molecule has 0 spiro atoms. The van der Waals surface area contributed by atoms with E-state index in [1.54, 1.807) is 24.3 Å². The largest absolute Gasteiger partial charge is 0.394 e. The van der Waals surface area contributed by atoms with Gasteiger partial charge in [0, 0.05) is 7.05 Å². The van der Waals surface area contributed by atoms with Crippen LogP contribution in [0.15, 0.2) is 30.3 Å². The number of hydrogen-bond donors (Lipinski definition) is 2. The Labute approximate surface area is 122 Å². The van der Waals surface area contributed by atoms with Crippen molar-refractivity contribution in [3.8, 4) is 0 Å². The van der Waals surface area contributed by atoms with Crippen molar-refractivity contribution >= 4 is 17.8 Å². The van der Waals surface area contributed by atoms with Crippen LogP contribution >= 0.6 is 0 Å². The highest BCUT2D eigenvalue weighted by Gasteiger charge is 2.35. The van der Waals surface area contributed by atoms with E-state index in [2.05, 4.69) is 5.32 Å². The number of aliphatic hydroxyl groups excluding tert-OH is 1. The highest BCUT2D eigenvalue weighted by Crippen LogP contribution is 2.12. The molecular formula is C14H17N3O4. The molecule has 0 bridgehead atoms.